The van der Waals surface area contributed by atoms with E-state index in [1.165, 1.54) is 16.9 Å². The standard InChI is InChI=1S/C21H17BrF3N5O3/c1-11(2)10-30-28-19(27-29-30)18-7-12-3-4-13(8-17(12)32-18)20(31)26-14-5-6-16(15(22)9-14)33-21(23,24)25/h3-9,11H,10H2,1-2H3,(H,26,31). The van der Waals surface area contributed by atoms with E-state index in [4.69, 9.17) is 4.42 Å². The summed E-state index contributed by atoms with van der Waals surface area (Å²) in [6, 6.07) is 10.4. The first-order valence-corrected chi connectivity index (χ1v) is 10.5. The van der Waals surface area contributed by atoms with Gasteiger partial charge in [0.15, 0.2) is 5.76 Å². The summed E-state index contributed by atoms with van der Waals surface area (Å²) in [7, 11) is 0. The highest BCUT2D eigenvalue weighted by atomic mass is 79.9. The van der Waals surface area contributed by atoms with Crippen molar-refractivity contribution in [1.82, 2.24) is 20.2 Å². The van der Waals surface area contributed by atoms with Gasteiger partial charge in [0.05, 0.1) is 11.0 Å². The average Bonchev–Trinajstić information content (AvgIpc) is 3.34. The quantitative estimate of drug-likeness (QED) is 0.350. The third-order valence-electron chi connectivity index (χ3n) is 4.40. The van der Waals surface area contributed by atoms with Gasteiger partial charge in [-0.05, 0) is 63.5 Å². The number of halogens is 4. The van der Waals surface area contributed by atoms with Crippen LogP contribution in [0.2, 0.25) is 0 Å². The van der Waals surface area contributed by atoms with E-state index in [0.717, 1.165) is 11.5 Å². The third-order valence-corrected chi connectivity index (χ3v) is 5.02. The molecule has 0 aliphatic rings. The fourth-order valence-corrected chi connectivity index (χ4v) is 3.48. The highest BCUT2D eigenvalue weighted by Gasteiger charge is 2.32. The normalized spacial score (nSPS) is 11.8. The second-order valence-electron chi connectivity index (χ2n) is 7.57. The van der Waals surface area contributed by atoms with Gasteiger partial charge in [-0.1, -0.05) is 19.9 Å². The predicted octanol–water partition coefficient (Wildman–Crippen LogP) is 5.66. The van der Waals surface area contributed by atoms with Crippen LogP contribution >= 0.6 is 15.9 Å². The van der Waals surface area contributed by atoms with Crippen molar-refractivity contribution in [3.63, 3.8) is 0 Å². The van der Waals surface area contributed by atoms with Gasteiger partial charge in [-0.2, -0.15) is 4.80 Å². The summed E-state index contributed by atoms with van der Waals surface area (Å²) < 4.78 is 47.0. The minimum atomic E-state index is -4.82. The van der Waals surface area contributed by atoms with E-state index in [-0.39, 0.29) is 10.2 Å². The molecule has 1 amide bonds. The second kappa shape index (κ2) is 8.85. The number of ether oxygens (including phenoxy) is 1. The number of nitrogens with zero attached hydrogens (tertiary/aromatic N) is 4. The van der Waals surface area contributed by atoms with Gasteiger partial charge in [-0.15, -0.1) is 23.4 Å². The molecule has 0 saturated heterocycles. The summed E-state index contributed by atoms with van der Waals surface area (Å²) in [6.07, 6.45) is -4.82. The van der Waals surface area contributed by atoms with E-state index < -0.39 is 18.0 Å². The van der Waals surface area contributed by atoms with Crippen molar-refractivity contribution in [3.05, 3.63) is 52.5 Å². The van der Waals surface area contributed by atoms with Crippen LogP contribution in [0.5, 0.6) is 5.75 Å². The second-order valence-corrected chi connectivity index (χ2v) is 8.43. The fourth-order valence-electron chi connectivity index (χ4n) is 3.02. The number of alkyl halides is 3. The van der Waals surface area contributed by atoms with Crippen LogP contribution in [0, 0.1) is 5.92 Å². The number of tetrazole rings is 1. The number of carbonyl (C=O) groups is 1. The van der Waals surface area contributed by atoms with Crippen molar-refractivity contribution in [3.8, 4) is 17.3 Å². The molecule has 172 valence electrons. The lowest BCUT2D eigenvalue weighted by Crippen LogP contribution is -2.17. The van der Waals surface area contributed by atoms with Crippen molar-refractivity contribution in [1.29, 1.82) is 0 Å². The summed E-state index contributed by atoms with van der Waals surface area (Å²) in [6.45, 7) is 4.71. The van der Waals surface area contributed by atoms with E-state index in [9.17, 15) is 18.0 Å². The molecule has 0 bridgehead atoms. The maximum absolute atomic E-state index is 12.6. The Bertz CT molecular complexity index is 1320. The number of carbonyl (C=O) groups excluding carboxylic acids is 1. The number of rotatable bonds is 6. The minimum Gasteiger partial charge on any atom is -0.453 e. The highest BCUT2D eigenvalue weighted by molar-refractivity contribution is 9.10. The Balaban J connectivity index is 1.51. The summed E-state index contributed by atoms with van der Waals surface area (Å²) >= 11 is 3.01. The zero-order valence-electron chi connectivity index (χ0n) is 17.4. The van der Waals surface area contributed by atoms with Crippen LogP contribution in [0.25, 0.3) is 22.6 Å². The SMILES string of the molecule is CC(C)Cn1nnc(-c2cc3ccc(C(=O)Nc4ccc(OC(F)(F)F)c(Br)c4)cc3o2)n1. The van der Waals surface area contributed by atoms with Crippen molar-refractivity contribution < 1.29 is 27.1 Å². The Morgan fingerprint density at radius 2 is 2.00 bits per heavy atom. The molecule has 0 aliphatic heterocycles. The van der Waals surface area contributed by atoms with Crippen molar-refractivity contribution in [2.24, 2.45) is 5.92 Å². The summed E-state index contributed by atoms with van der Waals surface area (Å²) in [5.41, 5.74) is 1.03. The van der Waals surface area contributed by atoms with E-state index in [2.05, 4.69) is 41.4 Å². The molecule has 8 nitrogen and oxygen atoms in total. The first-order valence-electron chi connectivity index (χ1n) is 9.76. The van der Waals surface area contributed by atoms with Crippen molar-refractivity contribution in [2.45, 2.75) is 26.8 Å². The number of fused-ring (bicyclic) bond motifs is 1. The molecule has 0 fully saturated rings. The number of hydrogen-bond donors (Lipinski definition) is 1. The number of amides is 1. The van der Waals surface area contributed by atoms with Crippen LogP contribution in [0.4, 0.5) is 18.9 Å². The molecule has 0 unspecified atom stereocenters. The van der Waals surface area contributed by atoms with Gasteiger partial charge in [-0.3, -0.25) is 4.79 Å². The number of nitrogens with one attached hydrogen (secondary N) is 1. The molecule has 0 aliphatic carbocycles. The van der Waals surface area contributed by atoms with Crippen LogP contribution in [0.15, 0.2) is 51.4 Å². The smallest absolute Gasteiger partial charge is 0.453 e. The Kier molecular flexibility index (Phi) is 6.11. The fraction of sp³-hybridized carbons (Fsp3) is 0.238. The lowest BCUT2D eigenvalue weighted by Gasteiger charge is -2.12. The van der Waals surface area contributed by atoms with E-state index in [1.807, 2.05) is 13.8 Å². The Labute approximate surface area is 193 Å². The molecule has 12 heteroatoms. The lowest BCUT2D eigenvalue weighted by atomic mass is 10.1. The van der Waals surface area contributed by atoms with Gasteiger partial charge in [0.25, 0.3) is 5.91 Å². The number of furan rings is 1. The zero-order chi connectivity index (χ0) is 23.8. The molecular formula is C21H17BrF3N5O3. The Morgan fingerprint density at radius 3 is 2.70 bits per heavy atom. The Morgan fingerprint density at radius 1 is 1.21 bits per heavy atom. The topological polar surface area (TPSA) is 95.1 Å². The van der Waals surface area contributed by atoms with Crippen molar-refractivity contribution >= 4 is 38.5 Å². The minimum absolute atomic E-state index is 0.0433. The van der Waals surface area contributed by atoms with Gasteiger partial charge in [0.2, 0.25) is 5.82 Å². The first kappa shape index (κ1) is 22.8. The molecule has 2 aromatic heterocycles. The Hall–Kier alpha value is -3.41. The molecule has 33 heavy (non-hydrogen) atoms. The molecular weight excluding hydrogens is 507 g/mol. The molecule has 1 N–H and O–H groups in total. The predicted molar refractivity (Wildman–Crippen MR) is 117 cm³/mol. The molecule has 0 radical (unpaired) electrons. The monoisotopic (exact) mass is 523 g/mol. The third kappa shape index (κ3) is 5.51. The number of benzene rings is 2. The molecule has 4 rings (SSSR count). The highest BCUT2D eigenvalue weighted by Crippen LogP contribution is 2.33. The van der Waals surface area contributed by atoms with Gasteiger partial charge < -0.3 is 14.5 Å². The largest absolute Gasteiger partial charge is 0.573 e. The van der Waals surface area contributed by atoms with Crippen LogP contribution in [-0.2, 0) is 6.54 Å². The maximum Gasteiger partial charge on any atom is 0.573 e. The summed E-state index contributed by atoms with van der Waals surface area (Å²) in [5, 5.41) is 15.7. The van der Waals surface area contributed by atoms with Crippen LogP contribution < -0.4 is 10.1 Å². The molecule has 2 aromatic carbocycles. The molecule has 0 saturated carbocycles. The summed E-state index contributed by atoms with van der Waals surface area (Å²) in [5.74, 6) is 0.236. The maximum atomic E-state index is 12.6. The van der Waals surface area contributed by atoms with E-state index >= 15 is 0 Å². The van der Waals surface area contributed by atoms with E-state index in [1.54, 1.807) is 24.3 Å². The van der Waals surface area contributed by atoms with Crippen LogP contribution in [0.1, 0.15) is 24.2 Å². The van der Waals surface area contributed by atoms with Gasteiger partial charge in [0.1, 0.15) is 11.3 Å². The van der Waals surface area contributed by atoms with Crippen molar-refractivity contribution in [2.75, 3.05) is 5.32 Å². The molecule has 0 spiro atoms. The lowest BCUT2D eigenvalue weighted by molar-refractivity contribution is -0.274. The average molecular weight is 524 g/mol. The van der Waals surface area contributed by atoms with Crippen LogP contribution in [0.3, 0.4) is 0 Å². The summed E-state index contributed by atoms with van der Waals surface area (Å²) in [4.78, 5) is 14.1. The van der Waals surface area contributed by atoms with Gasteiger partial charge >= 0.3 is 6.36 Å². The zero-order valence-corrected chi connectivity index (χ0v) is 18.9. The number of aromatic nitrogens is 4. The molecule has 2 heterocycles. The number of hydrogen-bond acceptors (Lipinski definition) is 6. The molecule has 0 atom stereocenters. The first-order chi connectivity index (χ1) is 15.6. The van der Waals surface area contributed by atoms with E-state index in [0.29, 0.717) is 35.2 Å². The number of anilines is 1. The van der Waals surface area contributed by atoms with Gasteiger partial charge in [0, 0.05) is 16.6 Å². The molecule has 4 aromatic rings. The van der Waals surface area contributed by atoms with Gasteiger partial charge in [-0.25, -0.2) is 0 Å². The van der Waals surface area contributed by atoms with Crippen LogP contribution in [-0.4, -0.2) is 32.5 Å².